The average Bonchev–Trinajstić information content (AvgIpc) is 2.94. The third-order valence-electron chi connectivity index (χ3n) is 6.76. The average molecular weight is 624 g/mol. The highest BCUT2D eigenvalue weighted by Gasteiger charge is 2.37. The van der Waals surface area contributed by atoms with Gasteiger partial charge in [0.2, 0.25) is 11.8 Å². The van der Waals surface area contributed by atoms with Crippen molar-refractivity contribution < 1.29 is 31.2 Å². The Labute approximate surface area is 249 Å². The van der Waals surface area contributed by atoms with Crippen LogP contribution in [0.4, 0.5) is 18.9 Å². The summed E-state index contributed by atoms with van der Waals surface area (Å²) in [7, 11) is -4.53. The molecule has 0 saturated heterocycles. The van der Waals surface area contributed by atoms with Gasteiger partial charge in [-0.3, -0.25) is 13.9 Å². The van der Waals surface area contributed by atoms with Gasteiger partial charge in [0.05, 0.1) is 21.2 Å². The number of carbonyl (C=O) groups excluding carboxylic acids is 2. The van der Waals surface area contributed by atoms with Crippen molar-refractivity contribution in [2.75, 3.05) is 10.8 Å². The topological polar surface area (TPSA) is 86.8 Å². The maximum atomic E-state index is 13.9. The Morgan fingerprint density at radius 2 is 1.64 bits per heavy atom. The SMILES string of the molecule is CC[C@H](C)NC(=O)[C@@H](C)N(Cc1cccc(C)c1)C(=O)CN(c1ccc(Cl)c(C(F)(F)F)c1)S(=O)(=O)c1ccccc1. The fourth-order valence-corrected chi connectivity index (χ4v) is 5.84. The minimum atomic E-state index is -4.88. The molecule has 42 heavy (non-hydrogen) atoms. The molecule has 3 aromatic carbocycles. The molecule has 3 aromatic rings. The normalized spacial score (nSPS) is 13.2. The van der Waals surface area contributed by atoms with E-state index in [-0.39, 0.29) is 17.5 Å². The molecule has 0 fully saturated rings. The van der Waals surface area contributed by atoms with E-state index < -0.39 is 56.9 Å². The van der Waals surface area contributed by atoms with Crippen LogP contribution in [0.5, 0.6) is 0 Å². The Kier molecular flexibility index (Phi) is 10.7. The van der Waals surface area contributed by atoms with Gasteiger partial charge in [-0.2, -0.15) is 13.2 Å². The second-order valence-electron chi connectivity index (χ2n) is 9.99. The molecule has 0 aromatic heterocycles. The third-order valence-corrected chi connectivity index (χ3v) is 8.87. The number of nitrogens with zero attached hydrogens (tertiary/aromatic N) is 2. The lowest BCUT2D eigenvalue weighted by Gasteiger charge is -2.32. The van der Waals surface area contributed by atoms with Gasteiger partial charge in [-0.15, -0.1) is 0 Å². The van der Waals surface area contributed by atoms with Crippen molar-refractivity contribution >= 4 is 39.1 Å². The number of sulfonamides is 1. The smallest absolute Gasteiger partial charge is 0.352 e. The number of halogens is 4. The van der Waals surface area contributed by atoms with Crippen LogP contribution in [-0.2, 0) is 32.3 Å². The number of anilines is 1. The molecule has 0 aliphatic rings. The summed E-state index contributed by atoms with van der Waals surface area (Å²) in [5.41, 5.74) is -0.0583. The van der Waals surface area contributed by atoms with Gasteiger partial charge in [0, 0.05) is 12.6 Å². The highest BCUT2D eigenvalue weighted by molar-refractivity contribution is 7.92. The van der Waals surface area contributed by atoms with E-state index in [0.29, 0.717) is 22.4 Å². The molecule has 0 unspecified atom stereocenters. The number of hydrogen-bond donors (Lipinski definition) is 1. The van der Waals surface area contributed by atoms with Crippen molar-refractivity contribution in [1.82, 2.24) is 10.2 Å². The van der Waals surface area contributed by atoms with E-state index in [1.165, 1.54) is 36.1 Å². The highest BCUT2D eigenvalue weighted by atomic mass is 35.5. The predicted octanol–water partition coefficient (Wildman–Crippen LogP) is 6.19. The lowest BCUT2D eigenvalue weighted by atomic mass is 10.1. The first-order valence-corrected chi connectivity index (χ1v) is 15.1. The van der Waals surface area contributed by atoms with E-state index in [1.807, 2.05) is 32.9 Å². The van der Waals surface area contributed by atoms with E-state index in [0.717, 1.165) is 17.7 Å². The van der Waals surface area contributed by atoms with E-state index >= 15 is 0 Å². The summed E-state index contributed by atoms with van der Waals surface area (Å²) in [6, 6.07) is 15.7. The van der Waals surface area contributed by atoms with Gasteiger partial charge < -0.3 is 10.2 Å². The van der Waals surface area contributed by atoms with Gasteiger partial charge in [0.15, 0.2) is 0 Å². The van der Waals surface area contributed by atoms with Crippen molar-refractivity contribution in [2.24, 2.45) is 0 Å². The van der Waals surface area contributed by atoms with Crippen molar-refractivity contribution in [1.29, 1.82) is 0 Å². The number of hydrogen-bond acceptors (Lipinski definition) is 4. The van der Waals surface area contributed by atoms with Crippen LogP contribution in [0.15, 0.2) is 77.7 Å². The molecule has 0 aliphatic heterocycles. The molecule has 7 nitrogen and oxygen atoms in total. The van der Waals surface area contributed by atoms with Gasteiger partial charge in [0.25, 0.3) is 10.0 Å². The number of amides is 2. The molecule has 226 valence electrons. The van der Waals surface area contributed by atoms with Gasteiger partial charge in [-0.1, -0.05) is 66.6 Å². The Hall–Kier alpha value is -3.57. The zero-order valence-electron chi connectivity index (χ0n) is 23.7. The zero-order valence-corrected chi connectivity index (χ0v) is 25.2. The summed E-state index contributed by atoms with van der Waals surface area (Å²) < 4.78 is 69.4. The molecule has 0 spiro atoms. The summed E-state index contributed by atoms with van der Waals surface area (Å²) >= 11 is 5.80. The van der Waals surface area contributed by atoms with Crippen molar-refractivity contribution in [3.05, 3.63) is 94.5 Å². The Bertz CT molecular complexity index is 1520. The van der Waals surface area contributed by atoms with Crippen LogP contribution in [0.3, 0.4) is 0 Å². The fourth-order valence-electron chi connectivity index (χ4n) is 4.19. The van der Waals surface area contributed by atoms with E-state index in [2.05, 4.69) is 5.32 Å². The van der Waals surface area contributed by atoms with E-state index in [9.17, 15) is 31.2 Å². The third kappa shape index (κ3) is 8.04. The van der Waals surface area contributed by atoms with Crippen LogP contribution in [-0.4, -0.2) is 43.8 Å². The molecule has 2 atom stereocenters. The van der Waals surface area contributed by atoms with Crippen LogP contribution in [0.2, 0.25) is 5.02 Å². The fraction of sp³-hybridized carbons (Fsp3) is 0.333. The predicted molar refractivity (Wildman–Crippen MR) is 157 cm³/mol. The van der Waals surface area contributed by atoms with Crippen LogP contribution in [0, 0.1) is 6.92 Å². The molecular formula is C30H33ClF3N3O4S. The molecule has 2 amide bonds. The lowest BCUT2D eigenvalue weighted by Crippen LogP contribution is -2.52. The van der Waals surface area contributed by atoms with Crippen LogP contribution in [0.25, 0.3) is 0 Å². The number of benzene rings is 3. The quantitative estimate of drug-likeness (QED) is 0.276. The molecule has 0 radical (unpaired) electrons. The second-order valence-corrected chi connectivity index (χ2v) is 12.3. The Morgan fingerprint density at radius 1 is 0.976 bits per heavy atom. The zero-order chi connectivity index (χ0) is 31.2. The van der Waals surface area contributed by atoms with Crippen LogP contribution < -0.4 is 9.62 Å². The summed E-state index contributed by atoms with van der Waals surface area (Å²) in [6.07, 6.45) is -4.23. The number of carbonyl (C=O) groups is 2. The number of aryl methyl sites for hydroxylation is 1. The number of rotatable bonds is 11. The summed E-state index contributed by atoms with van der Waals surface area (Å²) in [6.45, 7) is 6.17. The van der Waals surface area contributed by atoms with Crippen LogP contribution >= 0.6 is 11.6 Å². The maximum Gasteiger partial charge on any atom is 0.417 e. The van der Waals surface area contributed by atoms with Crippen molar-refractivity contribution in [3.8, 4) is 0 Å². The first-order valence-electron chi connectivity index (χ1n) is 13.2. The van der Waals surface area contributed by atoms with E-state index in [1.54, 1.807) is 18.2 Å². The first kappa shape index (κ1) is 32.9. The molecular weight excluding hydrogens is 591 g/mol. The van der Waals surface area contributed by atoms with Crippen molar-refractivity contribution in [2.45, 2.75) is 63.8 Å². The summed E-state index contributed by atoms with van der Waals surface area (Å²) in [5.74, 6) is -1.24. The van der Waals surface area contributed by atoms with Crippen molar-refractivity contribution in [3.63, 3.8) is 0 Å². The minimum absolute atomic E-state index is 0.0384. The molecule has 0 aliphatic carbocycles. The number of nitrogens with one attached hydrogen (secondary N) is 1. The Balaban J connectivity index is 2.11. The molecule has 0 bridgehead atoms. The molecule has 1 N–H and O–H groups in total. The molecule has 0 heterocycles. The number of alkyl halides is 3. The highest BCUT2D eigenvalue weighted by Crippen LogP contribution is 2.38. The summed E-state index contributed by atoms with van der Waals surface area (Å²) in [4.78, 5) is 28.0. The van der Waals surface area contributed by atoms with Gasteiger partial charge in [-0.05, 0) is 63.1 Å². The van der Waals surface area contributed by atoms with Gasteiger partial charge in [0.1, 0.15) is 12.6 Å². The first-order chi connectivity index (χ1) is 19.6. The van der Waals surface area contributed by atoms with Crippen LogP contribution in [0.1, 0.15) is 43.9 Å². The molecule has 3 rings (SSSR count). The standard InChI is InChI=1S/C30H33ClF3N3O4S/c1-5-21(3)35-29(39)22(4)36(18-23-11-9-10-20(2)16-23)28(38)19-37(42(40,41)25-12-7-6-8-13-25)24-14-15-27(31)26(17-24)30(32,33)34/h6-17,21-22H,5,18-19H2,1-4H3,(H,35,39)/t21-,22+/m0/s1. The van der Waals surface area contributed by atoms with Gasteiger partial charge in [-0.25, -0.2) is 8.42 Å². The monoisotopic (exact) mass is 623 g/mol. The lowest BCUT2D eigenvalue weighted by molar-refractivity contribution is -0.139. The van der Waals surface area contributed by atoms with E-state index in [4.69, 9.17) is 11.6 Å². The second kappa shape index (κ2) is 13.6. The Morgan fingerprint density at radius 3 is 2.24 bits per heavy atom. The molecule has 12 heteroatoms. The minimum Gasteiger partial charge on any atom is -0.352 e. The molecule has 0 saturated carbocycles. The summed E-state index contributed by atoms with van der Waals surface area (Å²) in [5, 5.41) is 2.21. The maximum absolute atomic E-state index is 13.9. The largest absolute Gasteiger partial charge is 0.417 e. The van der Waals surface area contributed by atoms with Gasteiger partial charge >= 0.3 is 6.18 Å².